The molecule has 164 valence electrons. The first-order chi connectivity index (χ1) is 14.3. The second kappa shape index (κ2) is 7.91. The van der Waals surface area contributed by atoms with Crippen molar-refractivity contribution >= 4 is 11.8 Å². The highest BCUT2D eigenvalue weighted by atomic mass is 16.2. The van der Waals surface area contributed by atoms with Gasteiger partial charge in [0.05, 0.1) is 17.3 Å². The standard InChI is InChI=1S/C23H35N5O2/c1-5-27-11-8-23(21(27)30)16-26(14-17(2)3)15-22(23)6-9-28(10-7-22)20(29)19-13-24-18(4)12-25-19/h12-13,17H,5-11,14-16H2,1-4H3. The van der Waals surface area contributed by atoms with Crippen molar-refractivity contribution < 1.29 is 9.59 Å². The van der Waals surface area contributed by atoms with Crippen molar-refractivity contribution in [3.05, 3.63) is 23.8 Å². The molecule has 1 atom stereocenters. The van der Waals surface area contributed by atoms with Crippen LogP contribution in [0.25, 0.3) is 0 Å². The third-order valence-electron chi connectivity index (χ3n) is 7.55. The van der Waals surface area contributed by atoms with Crippen LogP contribution >= 0.6 is 0 Å². The SMILES string of the molecule is CCN1CCC2(CN(CC(C)C)CC23CCN(C(=O)c2cnc(C)cn2)CC3)C1=O. The van der Waals surface area contributed by atoms with Gasteiger partial charge >= 0.3 is 0 Å². The van der Waals surface area contributed by atoms with Gasteiger partial charge in [-0.1, -0.05) is 13.8 Å². The van der Waals surface area contributed by atoms with Crippen LogP contribution in [0.2, 0.25) is 0 Å². The molecule has 1 aromatic rings. The summed E-state index contributed by atoms with van der Waals surface area (Å²) in [6.07, 6.45) is 5.94. The van der Waals surface area contributed by atoms with Crippen molar-refractivity contribution in [2.45, 2.75) is 47.0 Å². The molecule has 7 heteroatoms. The van der Waals surface area contributed by atoms with E-state index >= 15 is 0 Å². The molecule has 0 saturated carbocycles. The Morgan fingerprint density at radius 2 is 1.83 bits per heavy atom. The first-order valence-corrected chi connectivity index (χ1v) is 11.4. The molecule has 1 aromatic heterocycles. The molecule has 4 rings (SSSR count). The lowest BCUT2D eigenvalue weighted by Gasteiger charge is -2.47. The fourth-order valence-corrected chi connectivity index (χ4v) is 6.05. The van der Waals surface area contributed by atoms with Crippen LogP contribution in [-0.2, 0) is 4.79 Å². The summed E-state index contributed by atoms with van der Waals surface area (Å²) < 4.78 is 0. The number of fused-ring (bicyclic) bond motifs is 1. The van der Waals surface area contributed by atoms with Gasteiger partial charge in [0.15, 0.2) is 0 Å². The van der Waals surface area contributed by atoms with Gasteiger partial charge in [-0.25, -0.2) is 4.98 Å². The molecule has 0 bridgehead atoms. The highest BCUT2D eigenvalue weighted by Crippen LogP contribution is 2.57. The number of amides is 2. The maximum absolute atomic E-state index is 13.5. The fraction of sp³-hybridized carbons (Fsp3) is 0.739. The normalized spacial score (nSPS) is 26.5. The summed E-state index contributed by atoms with van der Waals surface area (Å²) in [5, 5.41) is 0. The largest absolute Gasteiger partial charge is 0.342 e. The number of piperidine rings is 1. The van der Waals surface area contributed by atoms with Crippen LogP contribution in [0.1, 0.15) is 56.2 Å². The Balaban J connectivity index is 1.54. The Bertz CT molecular complexity index is 800. The second-order valence-corrected chi connectivity index (χ2v) is 9.90. The van der Waals surface area contributed by atoms with E-state index in [1.807, 2.05) is 16.7 Å². The van der Waals surface area contributed by atoms with Gasteiger partial charge in [0, 0.05) is 57.4 Å². The number of hydrogen-bond donors (Lipinski definition) is 0. The number of carbonyl (C=O) groups is 2. The molecule has 2 amide bonds. The molecule has 30 heavy (non-hydrogen) atoms. The summed E-state index contributed by atoms with van der Waals surface area (Å²) in [4.78, 5) is 41.4. The average molecular weight is 414 g/mol. The van der Waals surface area contributed by atoms with Gasteiger partial charge in [-0.2, -0.15) is 0 Å². The molecule has 1 unspecified atom stereocenters. The molecule has 3 aliphatic rings. The average Bonchev–Trinajstić information content (AvgIpc) is 3.20. The smallest absolute Gasteiger partial charge is 0.274 e. The van der Waals surface area contributed by atoms with Crippen LogP contribution in [0.15, 0.2) is 12.4 Å². The van der Waals surface area contributed by atoms with Crippen LogP contribution in [0.3, 0.4) is 0 Å². The van der Waals surface area contributed by atoms with Crippen molar-refractivity contribution in [2.75, 3.05) is 45.8 Å². The molecule has 0 aliphatic carbocycles. The molecule has 3 saturated heterocycles. The number of rotatable bonds is 4. The maximum Gasteiger partial charge on any atom is 0.274 e. The van der Waals surface area contributed by atoms with Crippen LogP contribution in [-0.4, -0.2) is 82.3 Å². The van der Waals surface area contributed by atoms with Crippen molar-refractivity contribution in [1.29, 1.82) is 0 Å². The predicted octanol–water partition coefficient (Wildman–Crippen LogP) is 2.22. The minimum absolute atomic E-state index is 0.0291. The predicted molar refractivity (Wildman–Crippen MR) is 115 cm³/mol. The summed E-state index contributed by atoms with van der Waals surface area (Å²) in [5.74, 6) is 0.884. The maximum atomic E-state index is 13.5. The molecule has 3 fully saturated rings. The number of nitrogens with zero attached hydrogens (tertiary/aromatic N) is 5. The minimum Gasteiger partial charge on any atom is -0.342 e. The van der Waals surface area contributed by atoms with Gasteiger partial charge in [-0.05, 0) is 39.0 Å². The van der Waals surface area contributed by atoms with E-state index in [9.17, 15) is 9.59 Å². The van der Waals surface area contributed by atoms with Crippen molar-refractivity contribution in [3.8, 4) is 0 Å². The third kappa shape index (κ3) is 3.41. The van der Waals surface area contributed by atoms with Crippen LogP contribution in [0.4, 0.5) is 0 Å². The van der Waals surface area contributed by atoms with Gasteiger partial charge in [0.2, 0.25) is 5.91 Å². The van der Waals surface area contributed by atoms with Crippen LogP contribution in [0.5, 0.6) is 0 Å². The Morgan fingerprint density at radius 1 is 1.10 bits per heavy atom. The van der Waals surface area contributed by atoms with Gasteiger partial charge in [0.1, 0.15) is 5.69 Å². The van der Waals surface area contributed by atoms with Crippen molar-refractivity contribution in [1.82, 2.24) is 24.7 Å². The lowest BCUT2D eigenvalue weighted by atomic mass is 9.60. The fourth-order valence-electron chi connectivity index (χ4n) is 6.05. The number of aromatic nitrogens is 2. The number of carbonyl (C=O) groups excluding carboxylic acids is 2. The zero-order chi connectivity index (χ0) is 21.5. The second-order valence-electron chi connectivity index (χ2n) is 9.90. The lowest BCUT2D eigenvalue weighted by molar-refractivity contribution is -0.141. The summed E-state index contributed by atoms with van der Waals surface area (Å²) in [6, 6.07) is 0. The third-order valence-corrected chi connectivity index (χ3v) is 7.55. The highest BCUT2D eigenvalue weighted by Gasteiger charge is 2.64. The first-order valence-electron chi connectivity index (χ1n) is 11.4. The molecule has 2 spiro atoms. The Kier molecular flexibility index (Phi) is 5.60. The molecular formula is C23H35N5O2. The highest BCUT2D eigenvalue weighted by molar-refractivity contribution is 5.92. The Labute approximate surface area is 179 Å². The number of aryl methyl sites for hydroxylation is 1. The number of hydrogen-bond acceptors (Lipinski definition) is 5. The van der Waals surface area contributed by atoms with E-state index in [2.05, 4.69) is 35.6 Å². The molecule has 3 aliphatic heterocycles. The summed E-state index contributed by atoms with van der Waals surface area (Å²) in [5.41, 5.74) is 0.908. The van der Waals surface area contributed by atoms with Crippen molar-refractivity contribution in [3.63, 3.8) is 0 Å². The first kappa shape index (κ1) is 21.2. The quantitative estimate of drug-likeness (QED) is 0.757. The van der Waals surface area contributed by atoms with Crippen molar-refractivity contribution in [2.24, 2.45) is 16.7 Å². The molecule has 7 nitrogen and oxygen atoms in total. The zero-order valence-electron chi connectivity index (χ0n) is 18.9. The van der Waals surface area contributed by atoms with Gasteiger partial charge in [-0.15, -0.1) is 0 Å². The van der Waals surface area contributed by atoms with Crippen LogP contribution in [0, 0.1) is 23.7 Å². The summed E-state index contributed by atoms with van der Waals surface area (Å²) >= 11 is 0. The molecule has 4 heterocycles. The van der Waals surface area contributed by atoms with E-state index in [4.69, 9.17) is 0 Å². The van der Waals surface area contributed by atoms with Gasteiger partial charge < -0.3 is 14.7 Å². The molecule has 0 aromatic carbocycles. The van der Waals surface area contributed by atoms with E-state index in [0.717, 1.165) is 57.7 Å². The molecular weight excluding hydrogens is 378 g/mol. The van der Waals surface area contributed by atoms with E-state index in [-0.39, 0.29) is 16.7 Å². The van der Waals surface area contributed by atoms with E-state index in [1.54, 1.807) is 12.4 Å². The number of likely N-dealkylation sites (tertiary alicyclic amines) is 3. The van der Waals surface area contributed by atoms with E-state index < -0.39 is 0 Å². The van der Waals surface area contributed by atoms with Gasteiger partial charge in [0.25, 0.3) is 5.91 Å². The lowest BCUT2D eigenvalue weighted by Crippen LogP contribution is -2.53. The summed E-state index contributed by atoms with van der Waals surface area (Å²) in [6.45, 7) is 14.3. The topological polar surface area (TPSA) is 69.6 Å². The Hall–Kier alpha value is -2.02. The minimum atomic E-state index is -0.281. The molecule has 0 radical (unpaired) electrons. The van der Waals surface area contributed by atoms with E-state index in [0.29, 0.717) is 30.6 Å². The Morgan fingerprint density at radius 3 is 2.40 bits per heavy atom. The van der Waals surface area contributed by atoms with Gasteiger partial charge in [-0.3, -0.25) is 14.6 Å². The summed E-state index contributed by atoms with van der Waals surface area (Å²) in [7, 11) is 0. The zero-order valence-corrected chi connectivity index (χ0v) is 18.9. The van der Waals surface area contributed by atoms with E-state index in [1.165, 1.54) is 0 Å². The molecule has 0 N–H and O–H groups in total. The monoisotopic (exact) mass is 413 g/mol. The van der Waals surface area contributed by atoms with Crippen LogP contribution < -0.4 is 0 Å².